The maximum absolute atomic E-state index is 13.0. The number of hydrogen-bond donors (Lipinski definition) is 1. The maximum Gasteiger partial charge on any atom is 0.356 e. The molecule has 2 aromatic rings. The number of aromatic nitrogens is 1. The Morgan fingerprint density at radius 1 is 1.28 bits per heavy atom. The molecule has 0 spiro atoms. The summed E-state index contributed by atoms with van der Waals surface area (Å²) in [5.41, 5.74) is 1.27. The van der Waals surface area contributed by atoms with Crippen LogP contribution >= 0.6 is 18.9 Å². The second-order valence-corrected chi connectivity index (χ2v) is 8.34. The summed E-state index contributed by atoms with van der Waals surface area (Å²) in [5, 5.41) is 3.52. The minimum Gasteiger partial charge on any atom is -0.462 e. The minimum absolute atomic E-state index is 0.286. The van der Waals surface area contributed by atoms with Crippen LogP contribution in [-0.2, 0) is 18.3 Å². The van der Waals surface area contributed by atoms with E-state index in [2.05, 4.69) is 10.3 Å². The third-order valence-corrected chi connectivity index (χ3v) is 6.60. The van der Waals surface area contributed by atoms with Crippen LogP contribution in [0.4, 0.5) is 5.13 Å². The zero-order valence-electron chi connectivity index (χ0n) is 14.5. The Morgan fingerprint density at radius 2 is 1.92 bits per heavy atom. The summed E-state index contributed by atoms with van der Waals surface area (Å²) in [6.07, 6.45) is 0. The molecule has 0 fully saturated rings. The Hall–Kier alpha value is -1.73. The highest BCUT2D eigenvalue weighted by molar-refractivity contribution is 7.54. The molecule has 0 bridgehead atoms. The van der Waals surface area contributed by atoms with Crippen LogP contribution in [0.1, 0.15) is 33.6 Å². The van der Waals surface area contributed by atoms with Gasteiger partial charge < -0.3 is 19.1 Å². The molecule has 0 aliphatic carbocycles. The van der Waals surface area contributed by atoms with E-state index in [4.69, 9.17) is 13.8 Å². The van der Waals surface area contributed by atoms with Crippen LogP contribution in [-0.4, -0.2) is 31.8 Å². The number of nitrogens with one attached hydrogen (secondary N) is 1. The molecule has 0 saturated carbocycles. The molecular weight excluding hydrogens is 363 g/mol. The van der Waals surface area contributed by atoms with Gasteiger partial charge >= 0.3 is 13.6 Å². The highest BCUT2D eigenvalue weighted by atomic mass is 32.1. The van der Waals surface area contributed by atoms with E-state index >= 15 is 0 Å². The monoisotopic (exact) mass is 384 g/mol. The second-order valence-electron chi connectivity index (χ2n) is 5.02. The molecule has 25 heavy (non-hydrogen) atoms. The summed E-state index contributed by atoms with van der Waals surface area (Å²) in [7, 11) is -0.817. The van der Waals surface area contributed by atoms with Crippen molar-refractivity contribution in [3.63, 3.8) is 0 Å². The summed E-state index contributed by atoms with van der Waals surface area (Å²) >= 11 is 1.14. The molecule has 0 unspecified atom stereocenters. The normalized spacial score (nSPS) is 12.6. The molecule has 1 heterocycles. The van der Waals surface area contributed by atoms with Crippen molar-refractivity contribution in [3.05, 3.63) is 46.5 Å². The predicted molar refractivity (Wildman–Crippen MR) is 97.2 cm³/mol. The van der Waals surface area contributed by atoms with Crippen molar-refractivity contribution in [1.82, 2.24) is 4.98 Å². The molecule has 2 rings (SSSR count). The van der Waals surface area contributed by atoms with Gasteiger partial charge in [-0.3, -0.25) is 4.57 Å². The van der Waals surface area contributed by atoms with Gasteiger partial charge in [0.05, 0.1) is 12.3 Å². The molecule has 0 radical (unpaired) electrons. The summed E-state index contributed by atoms with van der Waals surface area (Å²) in [4.78, 5) is 16.7. The number of thiazole rings is 1. The standard InChI is InChI=1S/C16H21N2O5PS/c1-5-23-15(19)13-11(2)17-16(25-13)18-14(24(20,21-3)22-4)12-9-7-6-8-10-12/h6-10,14H,5H2,1-4H3,(H,17,18)/t14-/m0/s1. The van der Waals surface area contributed by atoms with Gasteiger partial charge in [0.25, 0.3) is 0 Å². The number of benzene rings is 1. The first-order valence-corrected chi connectivity index (χ1v) is 10.0. The van der Waals surface area contributed by atoms with Gasteiger partial charge in [0, 0.05) is 14.2 Å². The quantitative estimate of drug-likeness (QED) is 0.538. The third-order valence-electron chi connectivity index (χ3n) is 3.46. The first-order valence-electron chi connectivity index (χ1n) is 7.62. The van der Waals surface area contributed by atoms with E-state index in [-0.39, 0.29) is 6.61 Å². The van der Waals surface area contributed by atoms with Gasteiger partial charge in [-0.25, -0.2) is 9.78 Å². The van der Waals surface area contributed by atoms with Crippen molar-refractivity contribution >= 4 is 30.0 Å². The number of rotatable bonds is 8. The van der Waals surface area contributed by atoms with Gasteiger partial charge in [-0.1, -0.05) is 41.7 Å². The highest BCUT2D eigenvalue weighted by Crippen LogP contribution is 2.59. The third kappa shape index (κ3) is 4.46. The number of anilines is 1. The molecule has 7 nitrogen and oxygen atoms in total. The molecule has 0 aliphatic rings. The fraction of sp³-hybridized carbons (Fsp3) is 0.375. The van der Waals surface area contributed by atoms with Crippen LogP contribution in [0.2, 0.25) is 0 Å². The first kappa shape index (κ1) is 19.6. The summed E-state index contributed by atoms with van der Waals surface area (Å²) in [5.74, 6) is -1.19. The highest BCUT2D eigenvalue weighted by Gasteiger charge is 2.36. The van der Waals surface area contributed by atoms with E-state index in [0.717, 1.165) is 16.9 Å². The van der Waals surface area contributed by atoms with E-state index in [1.54, 1.807) is 13.8 Å². The van der Waals surface area contributed by atoms with Crippen LogP contribution < -0.4 is 5.32 Å². The predicted octanol–water partition coefficient (Wildman–Crippen LogP) is 4.22. The van der Waals surface area contributed by atoms with Crippen molar-refractivity contribution in [2.24, 2.45) is 0 Å². The number of ether oxygens (including phenoxy) is 1. The van der Waals surface area contributed by atoms with Crippen LogP contribution in [0, 0.1) is 6.92 Å². The zero-order chi connectivity index (χ0) is 18.4. The molecule has 0 aliphatic heterocycles. The van der Waals surface area contributed by atoms with Gasteiger partial charge in [0.1, 0.15) is 4.88 Å². The summed E-state index contributed by atoms with van der Waals surface area (Å²) < 4.78 is 28.3. The zero-order valence-corrected chi connectivity index (χ0v) is 16.2. The first-order chi connectivity index (χ1) is 11.9. The fourth-order valence-electron chi connectivity index (χ4n) is 2.23. The number of carbonyl (C=O) groups is 1. The molecule has 136 valence electrons. The van der Waals surface area contributed by atoms with E-state index in [0.29, 0.717) is 15.7 Å². The number of hydrogen-bond acceptors (Lipinski definition) is 8. The van der Waals surface area contributed by atoms with Gasteiger partial charge in [-0.2, -0.15) is 0 Å². The molecule has 1 N–H and O–H groups in total. The molecule has 9 heteroatoms. The van der Waals surface area contributed by atoms with Crippen LogP contribution in [0.25, 0.3) is 0 Å². The lowest BCUT2D eigenvalue weighted by molar-refractivity contribution is 0.0531. The van der Waals surface area contributed by atoms with Crippen LogP contribution in [0.3, 0.4) is 0 Å². The SMILES string of the molecule is CCOC(=O)c1sc(N[C@H](c2ccccc2)P(=O)(OC)OC)nc1C. The number of aryl methyl sites for hydroxylation is 1. The number of carbonyl (C=O) groups excluding carboxylic acids is 1. The molecule has 1 atom stereocenters. The van der Waals surface area contributed by atoms with Crippen molar-refractivity contribution < 1.29 is 23.1 Å². The van der Waals surface area contributed by atoms with E-state index in [1.165, 1.54) is 14.2 Å². The topological polar surface area (TPSA) is 86.8 Å². The summed E-state index contributed by atoms with van der Waals surface area (Å²) in [6.45, 7) is 3.75. The van der Waals surface area contributed by atoms with Gasteiger partial charge in [-0.05, 0) is 19.4 Å². The fourth-order valence-corrected chi connectivity index (χ4v) is 4.59. The van der Waals surface area contributed by atoms with Gasteiger partial charge in [0.15, 0.2) is 10.9 Å². The average Bonchev–Trinajstić information content (AvgIpc) is 3.00. The van der Waals surface area contributed by atoms with Crippen LogP contribution in [0.15, 0.2) is 30.3 Å². The van der Waals surface area contributed by atoms with E-state index < -0.39 is 19.3 Å². The Morgan fingerprint density at radius 3 is 2.48 bits per heavy atom. The Labute approximate surface area is 150 Å². The van der Waals surface area contributed by atoms with Crippen LogP contribution in [0.5, 0.6) is 0 Å². The van der Waals surface area contributed by atoms with E-state index in [1.807, 2.05) is 30.3 Å². The largest absolute Gasteiger partial charge is 0.462 e. The van der Waals surface area contributed by atoms with Crippen molar-refractivity contribution in [2.45, 2.75) is 19.6 Å². The Bertz CT molecular complexity index is 757. The Kier molecular flexibility index (Phi) is 6.72. The Balaban J connectivity index is 2.37. The lowest BCUT2D eigenvalue weighted by atomic mass is 10.2. The van der Waals surface area contributed by atoms with E-state index in [9.17, 15) is 9.36 Å². The maximum atomic E-state index is 13.0. The molecule has 0 saturated heterocycles. The number of esters is 1. The number of nitrogens with zero attached hydrogens (tertiary/aromatic N) is 1. The summed E-state index contributed by atoms with van der Waals surface area (Å²) in [6, 6.07) is 9.15. The molecular formula is C16H21N2O5PS. The lowest BCUT2D eigenvalue weighted by Gasteiger charge is -2.25. The van der Waals surface area contributed by atoms with Gasteiger partial charge in [0.2, 0.25) is 0 Å². The van der Waals surface area contributed by atoms with Crippen molar-refractivity contribution in [1.29, 1.82) is 0 Å². The lowest BCUT2D eigenvalue weighted by Crippen LogP contribution is -2.13. The van der Waals surface area contributed by atoms with Crippen molar-refractivity contribution in [3.8, 4) is 0 Å². The average molecular weight is 384 g/mol. The minimum atomic E-state index is -3.48. The van der Waals surface area contributed by atoms with Gasteiger partial charge in [-0.15, -0.1) is 0 Å². The smallest absolute Gasteiger partial charge is 0.356 e. The molecule has 1 aromatic carbocycles. The molecule has 1 aromatic heterocycles. The second kappa shape index (κ2) is 8.58. The molecule has 0 amide bonds. The van der Waals surface area contributed by atoms with Crippen molar-refractivity contribution in [2.75, 3.05) is 26.1 Å².